The van der Waals surface area contributed by atoms with E-state index in [1.54, 1.807) is 0 Å². The molecule has 0 aliphatic heterocycles. The highest BCUT2D eigenvalue weighted by Gasteiger charge is 2.50. The standard InChI is InChI=1S/C16H25NO/c1-12-8-9-16(10-12,11-17)15(3,18)14-7-5-4-6-13(14)2/h4-7,12,18H,8-11,17H2,1-3H3. The summed E-state index contributed by atoms with van der Waals surface area (Å²) in [5, 5.41) is 11.2. The van der Waals surface area contributed by atoms with E-state index in [4.69, 9.17) is 5.73 Å². The quantitative estimate of drug-likeness (QED) is 0.862. The first-order valence-electron chi connectivity index (χ1n) is 6.91. The van der Waals surface area contributed by atoms with E-state index >= 15 is 0 Å². The van der Waals surface area contributed by atoms with Crippen LogP contribution >= 0.6 is 0 Å². The predicted octanol–water partition coefficient (Wildman–Crippen LogP) is 2.97. The van der Waals surface area contributed by atoms with Crippen LogP contribution in [0.4, 0.5) is 0 Å². The Balaban J connectivity index is 2.44. The average molecular weight is 247 g/mol. The van der Waals surface area contributed by atoms with Gasteiger partial charge < -0.3 is 10.8 Å². The van der Waals surface area contributed by atoms with E-state index in [0.717, 1.165) is 24.0 Å². The van der Waals surface area contributed by atoms with Gasteiger partial charge in [-0.2, -0.15) is 0 Å². The van der Waals surface area contributed by atoms with Gasteiger partial charge in [0, 0.05) is 12.0 Å². The lowest BCUT2D eigenvalue weighted by molar-refractivity contribution is -0.0715. The fraction of sp³-hybridized carbons (Fsp3) is 0.625. The first-order valence-corrected chi connectivity index (χ1v) is 6.91. The van der Waals surface area contributed by atoms with Crippen molar-refractivity contribution >= 4 is 0 Å². The number of benzene rings is 1. The van der Waals surface area contributed by atoms with E-state index in [-0.39, 0.29) is 5.41 Å². The van der Waals surface area contributed by atoms with Crippen LogP contribution in [0.25, 0.3) is 0 Å². The zero-order chi connectivity index (χ0) is 13.4. The third kappa shape index (κ3) is 1.98. The number of hydrogen-bond acceptors (Lipinski definition) is 2. The van der Waals surface area contributed by atoms with Crippen LogP contribution in [0.1, 0.15) is 44.2 Å². The van der Waals surface area contributed by atoms with E-state index in [2.05, 4.69) is 19.9 Å². The molecule has 3 unspecified atom stereocenters. The Morgan fingerprint density at radius 1 is 1.44 bits per heavy atom. The lowest BCUT2D eigenvalue weighted by atomic mass is 9.67. The van der Waals surface area contributed by atoms with Gasteiger partial charge in [-0.3, -0.25) is 0 Å². The van der Waals surface area contributed by atoms with Gasteiger partial charge in [-0.25, -0.2) is 0 Å². The third-order valence-electron chi connectivity index (χ3n) is 4.95. The van der Waals surface area contributed by atoms with Crippen LogP contribution in [0, 0.1) is 18.3 Å². The molecule has 0 amide bonds. The molecule has 1 saturated carbocycles. The molecule has 2 rings (SSSR count). The molecule has 0 spiro atoms. The third-order valence-corrected chi connectivity index (χ3v) is 4.95. The molecule has 1 aromatic rings. The average Bonchev–Trinajstić information content (AvgIpc) is 2.73. The maximum absolute atomic E-state index is 11.2. The van der Waals surface area contributed by atoms with E-state index in [0.29, 0.717) is 12.5 Å². The molecule has 0 bridgehead atoms. The predicted molar refractivity (Wildman–Crippen MR) is 75.3 cm³/mol. The van der Waals surface area contributed by atoms with E-state index in [1.807, 2.05) is 25.1 Å². The molecule has 3 atom stereocenters. The second-order valence-electron chi connectivity index (χ2n) is 6.22. The van der Waals surface area contributed by atoms with Crippen LogP contribution in [-0.2, 0) is 5.60 Å². The molecule has 0 heterocycles. The zero-order valence-electron chi connectivity index (χ0n) is 11.7. The summed E-state index contributed by atoms with van der Waals surface area (Å²) in [7, 11) is 0. The molecule has 1 aromatic carbocycles. The summed E-state index contributed by atoms with van der Waals surface area (Å²) in [4.78, 5) is 0. The minimum atomic E-state index is -0.835. The van der Waals surface area contributed by atoms with Crippen molar-refractivity contribution in [3.8, 4) is 0 Å². The van der Waals surface area contributed by atoms with Crippen molar-refractivity contribution in [2.24, 2.45) is 17.1 Å². The molecule has 18 heavy (non-hydrogen) atoms. The van der Waals surface area contributed by atoms with Crippen LogP contribution in [0.2, 0.25) is 0 Å². The smallest absolute Gasteiger partial charge is 0.0939 e. The summed E-state index contributed by atoms with van der Waals surface area (Å²) in [5.74, 6) is 0.657. The summed E-state index contributed by atoms with van der Waals surface area (Å²) in [6.45, 7) is 6.82. The Bertz CT molecular complexity index is 427. The highest BCUT2D eigenvalue weighted by atomic mass is 16.3. The Kier molecular flexibility index (Phi) is 3.52. The minimum absolute atomic E-state index is 0.168. The summed E-state index contributed by atoms with van der Waals surface area (Å²) in [6.07, 6.45) is 3.20. The molecule has 2 heteroatoms. The van der Waals surface area contributed by atoms with Crippen molar-refractivity contribution in [3.05, 3.63) is 35.4 Å². The van der Waals surface area contributed by atoms with Crippen molar-refractivity contribution in [2.45, 2.75) is 45.6 Å². The van der Waals surface area contributed by atoms with Crippen molar-refractivity contribution in [1.82, 2.24) is 0 Å². The molecule has 2 nitrogen and oxygen atoms in total. The Labute approximate surface area is 110 Å². The Morgan fingerprint density at radius 2 is 2.11 bits per heavy atom. The van der Waals surface area contributed by atoms with Crippen LogP contribution in [0.5, 0.6) is 0 Å². The molecule has 0 saturated heterocycles. The highest BCUT2D eigenvalue weighted by Crippen LogP contribution is 2.52. The lowest BCUT2D eigenvalue weighted by Crippen LogP contribution is -2.47. The van der Waals surface area contributed by atoms with E-state index in [1.165, 1.54) is 6.42 Å². The second kappa shape index (κ2) is 4.67. The van der Waals surface area contributed by atoms with Gasteiger partial charge in [0.15, 0.2) is 0 Å². The van der Waals surface area contributed by atoms with E-state index < -0.39 is 5.60 Å². The molecule has 3 N–H and O–H groups in total. The van der Waals surface area contributed by atoms with Gasteiger partial charge >= 0.3 is 0 Å². The molecular formula is C16H25NO. The van der Waals surface area contributed by atoms with Gasteiger partial charge in [0.1, 0.15) is 0 Å². The van der Waals surface area contributed by atoms with Crippen LogP contribution in [0.3, 0.4) is 0 Å². The molecule has 100 valence electrons. The second-order valence-corrected chi connectivity index (χ2v) is 6.22. The van der Waals surface area contributed by atoms with Crippen molar-refractivity contribution in [3.63, 3.8) is 0 Å². The molecule has 0 radical (unpaired) electrons. The number of hydrogen-bond donors (Lipinski definition) is 2. The summed E-state index contributed by atoms with van der Waals surface area (Å²) in [5.41, 5.74) is 7.22. The molecule has 1 fully saturated rings. The molecular weight excluding hydrogens is 222 g/mol. The van der Waals surface area contributed by atoms with Gasteiger partial charge in [-0.1, -0.05) is 31.2 Å². The summed E-state index contributed by atoms with van der Waals surface area (Å²) < 4.78 is 0. The Hall–Kier alpha value is -0.860. The lowest BCUT2D eigenvalue weighted by Gasteiger charge is -2.43. The fourth-order valence-corrected chi connectivity index (χ4v) is 3.62. The van der Waals surface area contributed by atoms with Crippen LogP contribution in [-0.4, -0.2) is 11.7 Å². The number of aliphatic hydroxyl groups is 1. The maximum atomic E-state index is 11.2. The fourth-order valence-electron chi connectivity index (χ4n) is 3.62. The largest absolute Gasteiger partial charge is 0.385 e. The highest BCUT2D eigenvalue weighted by molar-refractivity contribution is 5.33. The molecule has 1 aliphatic rings. The maximum Gasteiger partial charge on any atom is 0.0939 e. The van der Waals surface area contributed by atoms with Gasteiger partial charge in [-0.05, 0) is 50.2 Å². The normalized spacial score (nSPS) is 31.3. The van der Waals surface area contributed by atoms with Crippen LogP contribution in [0.15, 0.2) is 24.3 Å². The first kappa shape index (κ1) is 13.6. The molecule has 0 aromatic heterocycles. The topological polar surface area (TPSA) is 46.2 Å². The van der Waals surface area contributed by atoms with Gasteiger partial charge in [0.05, 0.1) is 5.60 Å². The number of nitrogens with two attached hydrogens (primary N) is 1. The van der Waals surface area contributed by atoms with Crippen molar-refractivity contribution < 1.29 is 5.11 Å². The Morgan fingerprint density at radius 3 is 2.61 bits per heavy atom. The zero-order valence-corrected chi connectivity index (χ0v) is 11.7. The summed E-state index contributed by atoms with van der Waals surface area (Å²) >= 11 is 0. The van der Waals surface area contributed by atoms with Gasteiger partial charge in [-0.15, -0.1) is 0 Å². The van der Waals surface area contributed by atoms with Gasteiger partial charge in [0.2, 0.25) is 0 Å². The van der Waals surface area contributed by atoms with Crippen molar-refractivity contribution in [1.29, 1.82) is 0 Å². The minimum Gasteiger partial charge on any atom is -0.385 e. The van der Waals surface area contributed by atoms with Crippen molar-refractivity contribution in [2.75, 3.05) is 6.54 Å². The van der Waals surface area contributed by atoms with Gasteiger partial charge in [0.25, 0.3) is 0 Å². The van der Waals surface area contributed by atoms with E-state index in [9.17, 15) is 5.11 Å². The molecule has 1 aliphatic carbocycles. The first-order chi connectivity index (χ1) is 8.43. The van der Waals surface area contributed by atoms with Crippen LogP contribution < -0.4 is 5.73 Å². The summed E-state index contributed by atoms with van der Waals surface area (Å²) in [6, 6.07) is 8.11. The SMILES string of the molecule is Cc1ccccc1C(C)(O)C1(CN)CCC(C)C1. The number of rotatable bonds is 3. The number of aryl methyl sites for hydroxylation is 1. The monoisotopic (exact) mass is 247 g/mol.